The number of carbonyl (C=O) groups excluding carboxylic acids is 1. The highest BCUT2D eigenvalue weighted by atomic mass is 35.5. The second-order valence-electron chi connectivity index (χ2n) is 6.74. The molecule has 0 unspecified atom stereocenters. The van der Waals surface area contributed by atoms with Crippen molar-refractivity contribution in [3.8, 4) is 0 Å². The monoisotopic (exact) mass is 384 g/mol. The van der Waals surface area contributed by atoms with Crippen molar-refractivity contribution in [1.82, 2.24) is 19.9 Å². The Morgan fingerprint density at radius 1 is 1.15 bits per heavy atom. The summed E-state index contributed by atoms with van der Waals surface area (Å²) in [6, 6.07) is 13.2. The van der Waals surface area contributed by atoms with Gasteiger partial charge >= 0.3 is 0 Å². The van der Waals surface area contributed by atoms with E-state index in [1.807, 2.05) is 36.4 Å². The number of aromatic nitrogens is 3. The lowest BCUT2D eigenvalue weighted by atomic mass is 10.2. The number of amides is 1. The van der Waals surface area contributed by atoms with Crippen LogP contribution in [-0.2, 0) is 11.3 Å². The van der Waals surface area contributed by atoms with Gasteiger partial charge in [0.25, 0.3) is 0 Å². The van der Waals surface area contributed by atoms with Crippen LogP contribution in [0.25, 0.3) is 11.0 Å². The quantitative estimate of drug-likeness (QED) is 0.748. The summed E-state index contributed by atoms with van der Waals surface area (Å²) < 4.78 is 1.60. The van der Waals surface area contributed by atoms with Crippen LogP contribution in [-0.4, -0.2) is 59.0 Å². The van der Waals surface area contributed by atoms with Crippen LogP contribution in [0.5, 0.6) is 0 Å². The number of nitrogens with zero attached hydrogens (tertiary/aromatic N) is 5. The molecule has 8 heteroatoms. The molecule has 1 amide bonds. The van der Waals surface area contributed by atoms with E-state index < -0.39 is 0 Å². The summed E-state index contributed by atoms with van der Waals surface area (Å²) in [5.41, 5.74) is 3.31. The maximum Gasteiger partial charge on any atom is 0.246 e. The predicted molar refractivity (Wildman–Crippen MR) is 107 cm³/mol. The Kier molecular flexibility index (Phi) is 4.96. The third-order valence-corrected chi connectivity index (χ3v) is 5.03. The molecule has 0 bridgehead atoms. The zero-order valence-corrected chi connectivity index (χ0v) is 15.9. The minimum absolute atomic E-state index is 0.0925. The van der Waals surface area contributed by atoms with Gasteiger partial charge in [-0.25, -0.2) is 4.68 Å². The fourth-order valence-corrected chi connectivity index (χ4v) is 3.46. The average molecular weight is 385 g/mol. The van der Waals surface area contributed by atoms with E-state index >= 15 is 0 Å². The van der Waals surface area contributed by atoms with E-state index in [2.05, 4.69) is 32.5 Å². The molecule has 1 N–H and O–H groups in total. The lowest BCUT2D eigenvalue weighted by Crippen LogP contribution is -2.44. The third kappa shape index (κ3) is 3.89. The van der Waals surface area contributed by atoms with Crippen molar-refractivity contribution in [2.24, 2.45) is 0 Å². The van der Waals surface area contributed by atoms with Gasteiger partial charge in [-0.3, -0.25) is 4.79 Å². The van der Waals surface area contributed by atoms with E-state index in [9.17, 15) is 4.79 Å². The Bertz CT molecular complexity index is 964. The summed E-state index contributed by atoms with van der Waals surface area (Å²) >= 11 is 6.18. The molecule has 4 rings (SSSR count). The molecule has 3 aromatic rings. The van der Waals surface area contributed by atoms with E-state index in [-0.39, 0.29) is 12.5 Å². The Labute approximate surface area is 162 Å². The van der Waals surface area contributed by atoms with Crippen LogP contribution in [0, 0.1) is 0 Å². The third-order valence-electron chi connectivity index (χ3n) is 4.79. The Morgan fingerprint density at radius 3 is 2.74 bits per heavy atom. The van der Waals surface area contributed by atoms with Crippen molar-refractivity contribution in [3.63, 3.8) is 0 Å². The van der Waals surface area contributed by atoms with Gasteiger partial charge in [0.1, 0.15) is 12.1 Å². The number of rotatable bonds is 4. The van der Waals surface area contributed by atoms with Gasteiger partial charge in [0.15, 0.2) is 0 Å². The molecule has 27 heavy (non-hydrogen) atoms. The van der Waals surface area contributed by atoms with Crippen LogP contribution in [0.3, 0.4) is 0 Å². The van der Waals surface area contributed by atoms with Crippen LogP contribution < -0.4 is 10.2 Å². The first-order chi connectivity index (χ1) is 13.1. The van der Waals surface area contributed by atoms with Crippen molar-refractivity contribution in [1.29, 1.82) is 0 Å². The average Bonchev–Trinajstić information content (AvgIpc) is 3.06. The Hall–Kier alpha value is -2.64. The molecule has 140 valence electrons. The molecule has 1 aromatic heterocycles. The predicted octanol–water partition coefficient (Wildman–Crippen LogP) is 2.48. The van der Waals surface area contributed by atoms with Gasteiger partial charge in [-0.1, -0.05) is 28.9 Å². The number of hydrogen-bond acceptors (Lipinski definition) is 5. The topological polar surface area (TPSA) is 66.3 Å². The molecule has 0 atom stereocenters. The van der Waals surface area contributed by atoms with Crippen molar-refractivity contribution in [2.45, 2.75) is 6.54 Å². The first-order valence-electron chi connectivity index (χ1n) is 8.91. The van der Waals surface area contributed by atoms with E-state index in [0.717, 1.165) is 48.6 Å². The normalized spacial score (nSPS) is 15.3. The Balaban J connectivity index is 1.53. The molecule has 1 aliphatic rings. The zero-order chi connectivity index (χ0) is 18.8. The van der Waals surface area contributed by atoms with Crippen LogP contribution in [0.4, 0.5) is 11.4 Å². The summed E-state index contributed by atoms with van der Waals surface area (Å²) in [6.07, 6.45) is 0. The van der Waals surface area contributed by atoms with Gasteiger partial charge in [0.2, 0.25) is 5.91 Å². The zero-order valence-electron chi connectivity index (χ0n) is 15.1. The molecule has 0 spiro atoms. The van der Waals surface area contributed by atoms with Gasteiger partial charge in [0, 0.05) is 31.2 Å². The number of hydrogen-bond donors (Lipinski definition) is 1. The second kappa shape index (κ2) is 7.54. The van der Waals surface area contributed by atoms with Crippen molar-refractivity contribution < 1.29 is 4.79 Å². The number of para-hydroxylation sites is 1. The largest absolute Gasteiger partial charge is 0.367 e. The molecule has 1 aliphatic heterocycles. The molecule has 2 heterocycles. The molecule has 2 aromatic carbocycles. The van der Waals surface area contributed by atoms with Crippen LogP contribution in [0.1, 0.15) is 0 Å². The molecule has 0 saturated carbocycles. The highest BCUT2D eigenvalue weighted by Crippen LogP contribution is 2.30. The van der Waals surface area contributed by atoms with Gasteiger partial charge in [-0.05, 0) is 37.4 Å². The number of benzene rings is 2. The highest BCUT2D eigenvalue weighted by Gasteiger charge is 2.19. The molecule has 0 aliphatic carbocycles. The SMILES string of the molecule is CN1CCN(c2ccc(Cl)cc2NC(=O)Cn2nnc3ccccc32)CC1. The number of carbonyl (C=O) groups is 1. The van der Waals surface area contributed by atoms with E-state index in [1.165, 1.54) is 0 Å². The maximum absolute atomic E-state index is 12.7. The number of halogens is 1. The lowest BCUT2D eigenvalue weighted by Gasteiger charge is -2.35. The van der Waals surface area contributed by atoms with E-state index in [1.54, 1.807) is 10.7 Å². The van der Waals surface area contributed by atoms with Gasteiger partial charge in [0.05, 0.1) is 16.9 Å². The van der Waals surface area contributed by atoms with E-state index in [0.29, 0.717) is 5.02 Å². The van der Waals surface area contributed by atoms with Gasteiger partial charge in [-0.2, -0.15) is 0 Å². The molecule has 0 radical (unpaired) electrons. The summed E-state index contributed by atoms with van der Waals surface area (Å²) in [6.45, 7) is 3.89. The maximum atomic E-state index is 12.7. The van der Waals surface area contributed by atoms with Crippen molar-refractivity contribution in [2.75, 3.05) is 43.4 Å². The lowest BCUT2D eigenvalue weighted by molar-refractivity contribution is -0.116. The molecular formula is C19H21ClN6O. The minimum Gasteiger partial charge on any atom is -0.367 e. The van der Waals surface area contributed by atoms with Crippen LogP contribution >= 0.6 is 11.6 Å². The van der Waals surface area contributed by atoms with Crippen LogP contribution in [0.2, 0.25) is 5.02 Å². The van der Waals surface area contributed by atoms with Crippen molar-refractivity contribution >= 4 is 39.9 Å². The van der Waals surface area contributed by atoms with Crippen molar-refractivity contribution in [3.05, 3.63) is 47.5 Å². The van der Waals surface area contributed by atoms with E-state index in [4.69, 9.17) is 11.6 Å². The second-order valence-corrected chi connectivity index (χ2v) is 7.17. The first kappa shape index (κ1) is 17.8. The minimum atomic E-state index is -0.164. The fourth-order valence-electron chi connectivity index (χ4n) is 3.29. The smallest absolute Gasteiger partial charge is 0.246 e. The highest BCUT2D eigenvalue weighted by molar-refractivity contribution is 6.31. The summed E-state index contributed by atoms with van der Waals surface area (Å²) in [4.78, 5) is 17.2. The summed E-state index contributed by atoms with van der Waals surface area (Å²) in [7, 11) is 2.12. The Morgan fingerprint density at radius 2 is 1.93 bits per heavy atom. The fraction of sp³-hybridized carbons (Fsp3) is 0.316. The molecule has 7 nitrogen and oxygen atoms in total. The first-order valence-corrected chi connectivity index (χ1v) is 9.29. The van der Waals surface area contributed by atoms with Crippen LogP contribution in [0.15, 0.2) is 42.5 Å². The van der Waals surface area contributed by atoms with Gasteiger partial charge in [-0.15, -0.1) is 5.10 Å². The summed E-state index contributed by atoms with van der Waals surface area (Å²) in [5.74, 6) is -0.164. The number of likely N-dealkylation sites (N-methyl/N-ethyl adjacent to an activating group) is 1. The summed E-state index contributed by atoms with van der Waals surface area (Å²) in [5, 5.41) is 11.8. The molecule has 1 saturated heterocycles. The van der Waals surface area contributed by atoms with Gasteiger partial charge < -0.3 is 15.1 Å². The standard InChI is InChI=1S/C19H21ClN6O/c1-24-8-10-25(11-9-24)17-7-6-14(20)12-16(17)21-19(27)13-26-18-5-3-2-4-15(18)22-23-26/h2-7,12H,8-11,13H2,1H3,(H,21,27). The molecular weight excluding hydrogens is 364 g/mol. The number of piperazine rings is 1. The molecule has 1 fully saturated rings. The number of fused-ring (bicyclic) bond motifs is 1. The number of anilines is 2. The number of nitrogens with one attached hydrogen (secondary N) is 1.